The van der Waals surface area contributed by atoms with E-state index in [9.17, 15) is 78.0 Å². The van der Waals surface area contributed by atoms with Gasteiger partial charge < -0.3 is 135 Å². The molecule has 586 valence electrons. The van der Waals surface area contributed by atoms with E-state index in [0.717, 1.165) is 26.5 Å². The van der Waals surface area contributed by atoms with Crippen molar-refractivity contribution in [2.75, 3.05) is 57.4 Å². The third kappa shape index (κ3) is 31.2. The van der Waals surface area contributed by atoms with E-state index in [-0.39, 0.29) is 121 Å². The fourth-order valence-corrected chi connectivity index (χ4v) is 13.1. The van der Waals surface area contributed by atoms with Crippen molar-refractivity contribution in [3.8, 4) is 5.75 Å². The van der Waals surface area contributed by atoms with Crippen molar-refractivity contribution in [1.29, 1.82) is 0 Å². The number of hydrogen-bond donors (Lipinski definition) is 24. The number of carbonyl (C=O) groups is 15. The summed E-state index contributed by atoms with van der Waals surface area (Å²) in [6, 6.07) is -16.7. The van der Waals surface area contributed by atoms with Gasteiger partial charge >= 0.3 is 18.0 Å². The lowest BCUT2D eigenvalue weighted by molar-refractivity contribution is -0.146. The lowest BCUT2D eigenvalue weighted by Crippen LogP contribution is -2.61. The van der Waals surface area contributed by atoms with Crippen LogP contribution in [-0.2, 0) is 73.5 Å². The molecule has 2 saturated heterocycles. The highest BCUT2D eigenvalue weighted by Gasteiger charge is 2.42. The second-order valence-electron chi connectivity index (χ2n) is 24.4. The summed E-state index contributed by atoms with van der Waals surface area (Å²) in [6.45, 7) is -2.70. The Labute approximate surface area is 615 Å². The maximum absolute atomic E-state index is 15.1. The summed E-state index contributed by atoms with van der Waals surface area (Å²) in [6.07, 6.45) is -1.81. The van der Waals surface area contributed by atoms with Crippen LogP contribution < -0.4 is 110 Å². The molecule has 3 heterocycles. The lowest BCUT2D eigenvalue weighted by Gasteiger charge is -2.30. The van der Waals surface area contributed by atoms with E-state index in [4.69, 9.17) is 45.9 Å². The number of aliphatic hydroxyl groups excluding tert-OH is 1. The highest BCUT2D eigenvalue weighted by Crippen LogP contribution is 2.25. The average molecular weight is 1530 g/mol. The monoisotopic (exact) mass is 1530 g/mol. The minimum absolute atomic E-state index is 0.00335. The van der Waals surface area contributed by atoms with Crippen molar-refractivity contribution in [3.05, 3.63) is 42.0 Å². The zero-order valence-corrected chi connectivity index (χ0v) is 59.4. The van der Waals surface area contributed by atoms with Gasteiger partial charge in [0.15, 0.2) is 17.9 Å². The van der Waals surface area contributed by atoms with Crippen molar-refractivity contribution in [2.45, 2.75) is 162 Å². The quantitative estimate of drug-likeness (QED) is 0.0135. The highest BCUT2D eigenvalue weighted by molar-refractivity contribution is 8.76. The number of aliphatic carboxylic acids is 2. The Morgan fingerprint density at radius 1 is 0.575 bits per heavy atom. The zero-order valence-electron chi connectivity index (χ0n) is 57.8. The van der Waals surface area contributed by atoms with Gasteiger partial charge in [-0.05, 0) is 94.7 Å². The summed E-state index contributed by atoms with van der Waals surface area (Å²) in [4.78, 5) is 225. The van der Waals surface area contributed by atoms with Crippen LogP contribution in [0.15, 0.2) is 51.4 Å². The smallest absolute Gasteiger partial charge is 0.326 e. The first-order valence-electron chi connectivity index (χ1n) is 33.6. The number of guanidine groups is 3. The van der Waals surface area contributed by atoms with Crippen molar-refractivity contribution in [2.24, 2.45) is 60.8 Å². The number of rotatable bonds is 26. The molecule has 4 rings (SSSR count). The van der Waals surface area contributed by atoms with Crippen LogP contribution >= 0.6 is 21.6 Å². The summed E-state index contributed by atoms with van der Waals surface area (Å²) in [5, 5.41) is 70.7. The Kier molecular flexibility index (Phi) is 37.4. The number of carbonyl (C=O) groups excluding carboxylic acids is 13. The fraction of sp³-hybridized carbons (Fsp3) is 0.574. The number of hydrogen-bond acceptors (Lipinski definition) is 23. The van der Waals surface area contributed by atoms with E-state index in [1.165, 1.54) is 36.4 Å². The first-order chi connectivity index (χ1) is 50.3. The van der Waals surface area contributed by atoms with Gasteiger partial charge in [0, 0.05) is 50.7 Å². The van der Waals surface area contributed by atoms with Crippen molar-refractivity contribution in [1.82, 2.24) is 68.7 Å². The van der Waals surface area contributed by atoms with Crippen LogP contribution in [0.2, 0.25) is 0 Å². The zero-order chi connectivity index (χ0) is 78.6. The molecule has 0 saturated carbocycles. The van der Waals surface area contributed by atoms with Gasteiger partial charge in [-0.15, -0.1) is 0 Å². The Morgan fingerprint density at radius 3 is 1.66 bits per heavy atom. The number of aromatic hydroxyl groups is 1. The number of amides is 14. The molecule has 0 radical (unpaired) electrons. The molecule has 0 aliphatic carbocycles. The number of phenolic OH excluding ortho intramolecular Hbond substituents is 1. The van der Waals surface area contributed by atoms with E-state index in [1.807, 2.05) is 0 Å². The molecule has 32 N–H and O–H groups in total. The molecule has 0 spiro atoms. The molecule has 106 heavy (non-hydrogen) atoms. The SMILES string of the molecule is NCC(=O)N[C@H]1CSSC[C@@H]2NC(=O)[C@H](CCCN=C(N)N)NC(=O)[C@@H]3CCCN3C(=O)[C@H](CC(=O)O)NC(=O)[C@H](CO)NC(=O)[C@H](C/C=C/C[C@@H](C(=O)N[C@@H](CCCN=C(N)N)C(=O)O)NC(=O)[C@H](CCCN=C(N)N)NC(=O)[C@H](Cc3ccc(O)cc3)NC(=O)[C@H](CCCNC(N)=O)NC2=O)NC1=O. The Hall–Kier alpha value is -11.0. The second kappa shape index (κ2) is 45.3. The molecule has 14 amide bonds. The number of fused-ring (bicyclic) bond motifs is 9. The van der Waals surface area contributed by atoms with Gasteiger partial charge in [0.2, 0.25) is 70.9 Å². The van der Waals surface area contributed by atoms with Crippen molar-refractivity contribution in [3.63, 3.8) is 0 Å². The molecular weight excluding hydrogens is 1440 g/mol. The molecular formula is C61H96N24O19S2. The fourth-order valence-electron chi connectivity index (χ4n) is 10.7. The van der Waals surface area contributed by atoms with Crippen LogP contribution in [0.5, 0.6) is 5.75 Å². The van der Waals surface area contributed by atoms with Crippen LogP contribution in [0.4, 0.5) is 4.79 Å². The molecule has 0 aromatic heterocycles. The second-order valence-corrected chi connectivity index (χ2v) is 27.0. The molecule has 3 aliphatic heterocycles. The molecule has 1 aromatic rings. The van der Waals surface area contributed by atoms with Gasteiger partial charge in [0.1, 0.15) is 78.3 Å². The number of aliphatic hydroxyl groups is 1. The van der Waals surface area contributed by atoms with E-state index >= 15 is 14.4 Å². The number of aliphatic imine (C=N–C) groups is 3. The number of carboxylic acid groups (broad SMARTS) is 2. The van der Waals surface area contributed by atoms with Gasteiger partial charge in [-0.25, -0.2) is 9.59 Å². The molecule has 2 fully saturated rings. The predicted octanol–water partition coefficient (Wildman–Crippen LogP) is -9.88. The van der Waals surface area contributed by atoms with E-state index in [0.29, 0.717) is 5.56 Å². The molecule has 12 atom stereocenters. The summed E-state index contributed by atoms with van der Waals surface area (Å²) >= 11 is 0. The first-order valence-corrected chi connectivity index (χ1v) is 36.1. The lowest BCUT2D eigenvalue weighted by atomic mass is 10.0. The topological polar surface area (TPSA) is 730 Å². The van der Waals surface area contributed by atoms with Gasteiger partial charge in [-0.2, -0.15) is 0 Å². The summed E-state index contributed by atoms with van der Waals surface area (Å²) in [5.74, 6) is -18.8. The largest absolute Gasteiger partial charge is 0.508 e. The van der Waals surface area contributed by atoms with E-state index in [2.05, 4.69) is 78.8 Å². The number of urea groups is 1. The van der Waals surface area contributed by atoms with Crippen LogP contribution in [0.25, 0.3) is 0 Å². The van der Waals surface area contributed by atoms with Crippen LogP contribution in [-0.4, -0.2) is 262 Å². The number of carboxylic acids is 2. The van der Waals surface area contributed by atoms with Gasteiger partial charge in [0.05, 0.1) is 19.6 Å². The van der Waals surface area contributed by atoms with E-state index < -0.39 is 212 Å². The normalized spacial score (nSPS) is 24.2. The number of nitrogens with two attached hydrogens (primary N) is 8. The number of phenols is 1. The Bertz CT molecular complexity index is 3400. The maximum Gasteiger partial charge on any atom is 0.326 e. The Morgan fingerprint density at radius 2 is 1.08 bits per heavy atom. The Balaban J connectivity index is 2.09. The van der Waals surface area contributed by atoms with Crippen molar-refractivity contribution < 1.29 is 92.3 Å². The number of benzene rings is 1. The standard InChI is InChI=1S/C61H96N24O19S2/c62-26-44(88)74-41-28-105-106-29-42-54(99)78-35(12-5-22-73-61(69)104)48(93)81-38(24-30-15-17-31(87)18-16-30)51(96)76-34(10-3-19-70-58(63)64)46(91)75-32(47(92)80-37(57(102)103)13-6-21-72-60(67)68)8-1-2-9-33(77-53(41)98)49(94)83-40(27-86)52(97)82-39(25-45(89)90)56(101)85-23-7-14-43(85)55(100)79-36(50(95)84-42)11-4-20-71-59(65)66/h1-2,15-18,32-43,86-87H,3-14,19-29,62H2,(H,74,88)(H,75,91)(H,76,96)(H,77,98)(H,78,99)(H,79,100)(H,80,92)(H,81,93)(H,82,97)(H,83,94)(H,84,95)(H,89,90)(H,102,103)(H4,63,64,70)(H4,65,66,71)(H4,67,68,72)(H3,69,73,104)/b2-1+/t32-,33-,34-,35-,36-,37-,38-,39-,40-,41-,42-,43-/m0/s1. The predicted molar refractivity (Wildman–Crippen MR) is 384 cm³/mol. The highest BCUT2D eigenvalue weighted by atomic mass is 33.1. The molecule has 2 bridgehead atoms. The van der Waals surface area contributed by atoms with Crippen molar-refractivity contribution >= 4 is 128 Å². The summed E-state index contributed by atoms with van der Waals surface area (Å²) < 4.78 is 0. The summed E-state index contributed by atoms with van der Waals surface area (Å²) in [7, 11) is 1.60. The van der Waals surface area contributed by atoms with E-state index in [1.54, 1.807) is 0 Å². The van der Waals surface area contributed by atoms with Gasteiger partial charge in [-0.3, -0.25) is 77.3 Å². The minimum atomic E-state index is -2.05. The van der Waals surface area contributed by atoms with Crippen LogP contribution in [0.3, 0.4) is 0 Å². The molecule has 3 aliphatic rings. The third-order valence-electron chi connectivity index (χ3n) is 16.2. The molecule has 43 nitrogen and oxygen atoms in total. The van der Waals surface area contributed by atoms with Crippen LogP contribution in [0, 0.1) is 0 Å². The number of nitrogens with one attached hydrogen (secondary N) is 12. The van der Waals surface area contributed by atoms with Crippen LogP contribution in [0.1, 0.15) is 89.0 Å². The number of nitrogens with zero attached hydrogens (tertiary/aromatic N) is 4. The third-order valence-corrected chi connectivity index (χ3v) is 18.6. The average Bonchev–Trinajstić information content (AvgIpc) is 1.65. The minimum Gasteiger partial charge on any atom is -0.508 e. The van der Waals surface area contributed by atoms with Gasteiger partial charge in [-0.1, -0.05) is 45.9 Å². The molecule has 45 heteroatoms. The van der Waals surface area contributed by atoms with Gasteiger partial charge in [0.25, 0.3) is 0 Å². The number of primary amides is 1. The summed E-state index contributed by atoms with van der Waals surface area (Å²) in [5.41, 5.74) is 44.5. The molecule has 0 unspecified atom stereocenters. The first kappa shape index (κ1) is 87.4. The maximum atomic E-state index is 15.1. The molecule has 1 aromatic carbocycles.